The van der Waals surface area contributed by atoms with Gasteiger partial charge in [-0.2, -0.15) is 0 Å². The van der Waals surface area contributed by atoms with Crippen molar-refractivity contribution in [1.82, 2.24) is 0 Å². The summed E-state index contributed by atoms with van der Waals surface area (Å²) in [6.07, 6.45) is 2.09. The zero-order valence-corrected chi connectivity index (χ0v) is 7.30. The number of hydrogen-bond acceptors (Lipinski definition) is 1. The highest BCUT2D eigenvalue weighted by Gasteiger charge is 2.52. The van der Waals surface area contributed by atoms with Crippen molar-refractivity contribution in [3.05, 3.63) is 12.2 Å². The average Bonchev–Trinajstić information content (AvgIpc) is 2.36. The highest BCUT2D eigenvalue weighted by atomic mass is 16.3. The molecule has 2 fully saturated rings. The summed E-state index contributed by atoms with van der Waals surface area (Å²) in [5, 5.41) is 9.56. The molecule has 2 aliphatic carbocycles. The molecule has 1 heteroatoms. The molecule has 0 aromatic heterocycles. The van der Waals surface area contributed by atoms with Crippen LogP contribution in [0.5, 0.6) is 0 Å². The molecule has 0 saturated heterocycles. The number of hydrogen-bond donors (Lipinski definition) is 1. The van der Waals surface area contributed by atoms with Crippen LogP contribution in [-0.2, 0) is 0 Å². The molecule has 0 aliphatic heterocycles. The molecule has 2 saturated carbocycles. The maximum atomic E-state index is 9.56. The quantitative estimate of drug-likeness (QED) is 0.526. The molecule has 0 aromatic rings. The Morgan fingerprint density at radius 2 is 2.09 bits per heavy atom. The van der Waals surface area contributed by atoms with Crippen molar-refractivity contribution in [2.75, 3.05) is 0 Å². The van der Waals surface area contributed by atoms with E-state index >= 15 is 0 Å². The zero-order valence-electron chi connectivity index (χ0n) is 7.30. The molecule has 0 amide bonds. The number of fused-ring (bicyclic) bond motifs is 2. The number of aliphatic hydroxyl groups is 1. The topological polar surface area (TPSA) is 20.2 Å². The summed E-state index contributed by atoms with van der Waals surface area (Å²) in [5.74, 6) is 1.10. The Morgan fingerprint density at radius 1 is 1.45 bits per heavy atom. The van der Waals surface area contributed by atoms with Crippen LogP contribution in [0.3, 0.4) is 0 Å². The Hall–Kier alpha value is -0.300. The molecule has 0 heterocycles. The summed E-state index contributed by atoms with van der Waals surface area (Å²) < 4.78 is 0. The monoisotopic (exact) mass is 152 g/mol. The van der Waals surface area contributed by atoms with Gasteiger partial charge in [-0.05, 0) is 24.2 Å². The third-order valence-corrected chi connectivity index (χ3v) is 3.82. The lowest BCUT2D eigenvalue weighted by atomic mass is 9.73. The molecule has 0 radical (unpaired) electrons. The fraction of sp³-hybridized carbons (Fsp3) is 0.800. The molecular weight excluding hydrogens is 136 g/mol. The van der Waals surface area contributed by atoms with Crippen LogP contribution in [0.2, 0.25) is 0 Å². The number of aliphatic hydroxyl groups excluding tert-OH is 1. The lowest BCUT2D eigenvalue weighted by molar-refractivity contribution is 0.108. The van der Waals surface area contributed by atoms with Crippen LogP contribution in [0.1, 0.15) is 26.7 Å². The van der Waals surface area contributed by atoms with E-state index in [1.54, 1.807) is 0 Å². The van der Waals surface area contributed by atoms with E-state index in [0.29, 0.717) is 17.3 Å². The molecule has 62 valence electrons. The van der Waals surface area contributed by atoms with Gasteiger partial charge in [0.05, 0.1) is 6.10 Å². The highest BCUT2D eigenvalue weighted by Crippen LogP contribution is 2.58. The Kier molecular flexibility index (Phi) is 1.26. The van der Waals surface area contributed by atoms with E-state index in [1.807, 2.05) is 0 Å². The van der Waals surface area contributed by atoms with Crippen LogP contribution >= 0.6 is 0 Å². The van der Waals surface area contributed by atoms with Gasteiger partial charge in [0.25, 0.3) is 0 Å². The molecule has 1 nitrogen and oxygen atoms in total. The lowest BCUT2D eigenvalue weighted by Crippen LogP contribution is -2.29. The van der Waals surface area contributed by atoms with Gasteiger partial charge < -0.3 is 5.11 Å². The largest absolute Gasteiger partial charge is 0.392 e. The van der Waals surface area contributed by atoms with E-state index in [2.05, 4.69) is 20.4 Å². The fourth-order valence-corrected chi connectivity index (χ4v) is 2.72. The maximum absolute atomic E-state index is 9.56. The maximum Gasteiger partial charge on any atom is 0.0608 e. The second-order valence-electron chi connectivity index (χ2n) is 4.59. The minimum Gasteiger partial charge on any atom is -0.392 e. The van der Waals surface area contributed by atoms with E-state index in [0.717, 1.165) is 6.42 Å². The standard InChI is InChI=1S/C10H16O/c1-6-8-4-7(5-9(8)11)10(6,2)3/h7-9,11H,1,4-5H2,2-3H3/t7-,8+,9+/m0/s1. The van der Waals surface area contributed by atoms with E-state index in [1.165, 1.54) is 12.0 Å². The molecule has 0 unspecified atom stereocenters. The van der Waals surface area contributed by atoms with Gasteiger partial charge in [-0.1, -0.05) is 26.0 Å². The van der Waals surface area contributed by atoms with Crippen LogP contribution in [0.25, 0.3) is 0 Å². The summed E-state index contributed by atoms with van der Waals surface area (Å²) in [6, 6.07) is 0. The summed E-state index contributed by atoms with van der Waals surface area (Å²) in [7, 11) is 0. The van der Waals surface area contributed by atoms with Gasteiger partial charge in [-0.15, -0.1) is 0 Å². The first-order valence-corrected chi connectivity index (χ1v) is 4.41. The Bertz CT molecular complexity index is 205. The SMILES string of the molecule is C=C1[C@H]2C[C@@H](C[C@H]2O)C1(C)C. The lowest BCUT2D eigenvalue weighted by Gasteiger charge is -2.34. The summed E-state index contributed by atoms with van der Waals surface area (Å²) in [5.41, 5.74) is 1.57. The van der Waals surface area contributed by atoms with Gasteiger partial charge in [0.15, 0.2) is 0 Å². The van der Waals surface area contributed by atoms with Crippen molar-refractivity contribution in [3.63, 3.8) is 0 Å². The second-order valence-corrected chi connectivity index (χ2v) is 4.59. The minimum absolute atomic E-state index is 0.0828. The van der Waals surface area contributed by atoms with Crippen molar-refractivity contribution in [1.29, 1.82) is 0 Å². The zero-order chi connectivity index (χ0) is 8.22. The Labute approximate surface area is 68.1 Å². The van der Waals surface area contributed by atoms with Gasteiger partial charge in [-0.3, -0.25) is 0 Å². The molecule has 0 aromatic carbocycles. The van der Waals surface area contributed by atoms with Gasteiger partial charge in [0, 0.05) is 5.92 Å². The first-order valence-electron chi connectivity index (χ1n) is 4.41. The normalized spacial score (nSPS) is 46.8. The summed E-state index contributed by atoms with van der Waals surface area (Å²) in [4.78, 5) is 0. The van der Waals surface area contributed by atoms with Gasteiger partial charge in [0.2, 0.25) is 0 Å². The Balaban J connectivity index is 2.32. The summed E-state index contributed by atoms with van der Waals surface area (Å²) in [6.45, 7) is 8.59. The van der Waals surface area contributed by atoms with Crippen molar-refractivity contribution in [3.8, 4) is 0 Å². The first-order chi connectivity index (χ1) is 5.03. The van der Waals surface area contributed by atoms with Gasteiger partial charge in [0.1, 0.15) is 0 Å². The molecule has 1 N–H and O–H groups in total. The van der Waals surface area contributed by atoms with E-state index in [4.69, 9.17) is 0 Å². The van der Waals surface area contributed by atoms with E-state index in [9.17, 15) is 5.11 Å². The predicted molar refractivity (Wildman–Crippen MR) is 45.1 cm³/mol. The highest BCUT2D eigenvalue weighted by molar-refractivity contribution is 5.25. The Morgan fingerprint density at radius 3 is 2.45 bits per heavy atom. The van der Waals surface area contributed by atoms with Crippen LogP contribution in [0.15, 0.2) is 12.2 Å². The van der Waals surface area contributed by atoms with Gasteiger partial charge in [-0.25, -0.2) is 0 Å². The van der Waals surface area contributed by atoms with E-state index in [-0.39, 0.29) is 6.10 Å². The smallest absolute Gasteiger partial charge is 0.0608 e. The van der Waals surface area contributed by atoms with Crippen molar-refractivity contribution < 1.29 is 5.11 Å². The third kappa shape index (κ3) is 0.750. The summed E-state index contributed by atoms with van der Waals surface area (Å²) >= 11 is 0. The molecule has 11 heavy (non-hydrogen) atoms. The first kappa shape index (κ1) is 7.35. The van der Waals surface area contributed by atoms with Crippen molar-refractivity contribution in [2.45, 2.75) is 32.8 Å². The molecule has 2 aliphatic rings. The molecular formula is C10H16O. The van der Waals surface area contributed by atoms with Crippen LogP contribution in [0.4, 0.5) is 0 Å². The molecule has 2 bridgehead atoms. The van der Waals surface area contributed by atoms with Crippen molar-refractivity contribution in [2.24, 2.45) is 17.3 Å². The van der Waals surface area contributed by atoms with Crippen LogP contribution < -0.4 is 0 Å². The van der Waals surface area contributed by atoms with Gasteiger partial charge >= 0.3 is 0 Å². The number of rotatable bonds is 0. The molecule has 0 spiro atoms. The third-order valence-electron chi connectivity index (χ3n) is 3.82. The fourth-order valence-electron chi connectivity index (χ4n) is 2.72. The molecule has 2 rings (SSSR count). The van der Waals surface area contributed by atoms with E-state index < -0.39 is 0 Å². The second kappa shape index (κ2) is 1.89. The molecule has 3 atom stereocenters. The van der Waals surface area contributed by atoms with Crippen LogP contribution in [0, 0.1) is 17.3 Å². The van der Waals surface area contributed by atoms with Crippen LogP contribution in [-0.4, -0.2) is 11.2 Å². The minimum atomic E-state index is -0.0828. The average molecular weight is 152 g/mol. The van der Waals surface area contributed by atoms with Crippen molar-refractivity contribution >= 4 is 0 Å². The predicted octanol–water partition coefficient (Wildman–Crippen LogP) is 1.97.